The van der Waals surface area contributed by atoms with E-state index in [0.717, 1.165) is 54.2 Å². The lowest BCUT2D eigenvalue weighted by atomic mass is 10.0. The van der Waals surface area contributed by atoms with Gasteiger partial charge < -0.3 is 10.2 Å². The number of rotatable bonds is 5. The van der Waals surface area contributed by atoms with Gasteiger partial charge in [-0.15, -0.1) is 23.7 Å². The van der Waals surface area contributed by atoms with Gasteiger partial charge in [0.25, 0.3) is 5.91 Å². The quantitative estimate of drug-likeness (QED) is 0.820. The van der Waals surface area contributed by atoms with E-state index in [0.29, 0.717) is 6.04 Å². The van der Waals surface area contributed by atoms with Crippen LogP contribution in [0.25, 0.3) is 10.4 Å². The third-order valence-corrected chi connectivity index (χ3v) is 5.54. The van der Waals surface area contributed by atoms with E-state index >= 15 is 0 Å². The Morgan fingerprint density at radius 1 is 1.20 bits per heavy atom. The van der Waals surface area contributed by atoms with Gasteiger partial charge in [0, 0.05) is 17.5 Å². The van der Waals surface area contributed by atoms with E-state index in [1.54, 1.807) is 12.1 Å². The van der Waals surface area contributed by atoms with Crippen LogP contribution < -0.4 is 5.32 Å². The molecule has 3 rings (SSSR count). The fourth-order valence-corrected chi connectivity index (χ4v) is 4.14. The maximum atomic E-state index is 13.1. The van der Waals surface area contributed by atoms with Gasteiger partial charge in [-0.25, -0.2) is 4.39 Å². The zero-order chi connectivity index (χ0) is 16.9. The lowest BCUT2D eigenvalue weighted by molar-refractivity contribution is 0.0647. The molecular weight excluding hydrogens is 359 g/mol. The van der Waals surface area contributed by atoms with E-state index in [1.807, 2.05) is 17.0 Å². The number of piperidine rings is 1. The summed E-state index contributed by atoms with van der Waals surface area (Å²) in [6, 6.07) is 10.6. The molecule has 2 heterocycles. The average Bonchev–Trinajstić information content (AvgIpc) is 3.10. The number of hydrogen-bond acceptors (Lipinski definition) is 3. The van der Waals surface area contributed by atoms with Crippen LogP contribution >= 0.6 is 23.7 Å². The van der Waals surface area contributed by atoms with Gasteiger partial charge in [0.2, 0.25) is 0 Å². The van der Waals surface area contributed by atoms with Crippen molar-refractivity contribution in [2.24, 2.45) is 0 Å². The Morgan fingerprint density at radius 2 is 1.88 bits per heavy atom. The van der Waals surface area contributed by atoms with Gasteiger partial charge in [-0.1, -0.05) is 19.1 Å². The molecule has 25 heavy (non-hydrogen) atoms. The minimum Gasteiger partial charge on any atom is -0.335 e. The third-order valence-electron chi connectivity index (χ3n) is 4.42. The highest BCUT2D eigenvalue weighted by molar-refractivity contribution is 7.17. The molecule has 1 aromatic heterocycles. The minimum atomic E-state index is -0.244. The molecule has 0 radical (unpaired) electrons. The first-order valence-corrected chi connectivity index (χ1v) is 9.38. The molecule has 0 unspecified atom stereocenters. The van der Waals surface area contributed by atoms with Gasteiger partial charge in [-0.05, 0) is 62.2 Å². The molecule has 1 aliphatic rings. The highest BCUT2D eigenvalue weighted by atomic mass is 35.5. The summed E-state index contributed by atoms with van der Waals surface area (Å²) in [4.78, 5) is 16.8. The largest absolute Gasteiger partial charge is 0.335 e. The van der Waals surface area contributed by atoms with E-state index < -0.39 is 0 Å². The monoisotopic (exact) mass is 382 g/mol. The number of halogens is 2. The van der Waals surface area contributed by atoms with Crippen LogP contribution in [0.15, 0.2) is 36.4 Å². The minimum absolute atomic E-state index is 0. The Hall–Kier alpha value is -1.43. The van der Waals surface area contributed by atoms with Crippen LogP contribution in [0.2, 0.25) is 0 Å². The fourth-order valence-electron chi connectivity index (χ4n) is 3.17. The second-order valence-electron chi connectivity index (χ2n) is 6.15. The van der Waals surface area contributed by atoms with Crippen LogP contribution in [0, 0.1) is 5.82 Å². The molecule has 0 aliphatic carbocycles. The van der Waals surface area contributed by atoms with E-state index in [4.69, 9.17) is 0 Å². The summed E-state index contributed by atoms with van der Waals surface area (Å²) in [6.45, 7) is 4.86. The Balaban J connectivity index is 0.00000225. The number of carbonyl (C=O) groups is 1. The maximum Gasteiger partial charge on any atom is 0.264 e. The molecule has 3 nitrogen and oxygen atoms in total. The van der Waals surface area contributed by atoms with Gasteiger partial charge in [0.15, 0.2) is 0 Å². The van der Waals surface area contributed by atoms with E-state index in [9.17, 15) is 9.18 Å². The average molecular weight is 383 g/mol. The summed E-state index contributed by atoms with van der Waals surface area (Å²) in [7, 11) is 0. The van der Waals surface area contributed by atoms with E-state index in [2.05, 4.69) is 12.2 Å². The molecule has 1 N–H and O–H groups in total. The van der Waals surface area contributed by atoms with Crippen molar-refractivity contribution in [1.82, 2.24) is 10.2 Å². The number of nitrogens with one attached hydrogen (secondary N) is 1. The zero-order valence-electron chi connectivity index (χ0n) is 14.3. The first kappa shape index (κ1) is 19.9. The van der Waals surface area contributed by atoms with E-state index in [1.165, 1.54) is 23.5 Å². The number of hydrogen-bond donors (Lipinski definition) is 1. The van der Waals surface area contributed by atoms with Gasteiger partial charge >= 0.3 is 0 Å². The predicted octanol–water partition coefficient (Wildman–Crippen LogP) is 4.58. The molecule has 1 aliphatic heterocycles. The molecule has 136 valence electrons. The van der Waals surface area contributed by atoms with Crippen molar-refractivity contribution in [1.29, 1.82) is 0 Å². The molecular formula is C19H24ClFN2OS. The van der Waals surface area contributed by atoms with Crippen molar-refractivity contribution in [3.8, 4) is 10.4 Å². The molecule has 1 saturated heterocycles. The molecule has 6 heteroatoms. The van der Waals surface area contributed by atoms with Gasteiger partial charge in [-0.3, -0.25) is 4.79 Å². The third kappa shape index (κ3) is 4.81. The highest BCUT2D eigenvalue weighted by Gasteiger charge is 2.26. The van der Waals surface area contributed by atoms with Crippen molar-refractivity contribution in [3.63, 3.8) is 0 Å². The van der Waals surface area contributed by atoms with Gasteiger partial charge in [0.1, 0.15) is 5.82 Å². The Kier molecular flexibility index (Phi) is 7.41. The van der Waals surface area contributed by atoms with Crippen LogP contribution in [0.1, 0.15) is 35.9 Å². The van der Waals surface area contributed by atoms with Crippen LogP contribution in [0.4, 0.5) is 4.39 Å². The van der Waals surface area contributed by atoms with Crippen molar-refractivity contribution < 1.29 is 9.18 Å². The topological polar surface area (TPSA) is 32.3 Å². The van der Waals surface area contributed by atoms with Crippen LogP contribution in [-0.4, -0.2) is 36.5 Å². The Labute approximate surface area is 158 Å². The molecule has 0 saturated carbocycles. The molecule has 1 fully saturated rings. The molecule has 2 aromatic rings. The Morgan fingerprint density at radius 3 is 2.52 bits per heavy atom. The molecule has 0 atom stereocenters. The van der Waals surface area contributed by atoms with Crippen molar-refractivity contribution in [3.05, 3.63) is 47.1 Å². The first-order chi connectivity index (χ1) is 11.7. The molecule has 0 bridgehead atoms. The van der Waals surface area contributed by atoms with Crippen LogP contribution in [-0.2, 0) is 0 Å². The molecule has 1 aromatic carbocycles. The lowest BCUT2D eigenvalue weighted by Gasteiger charge is -2.34. The Bertz CT molecular complexity index is 683. The number of carbonyl (C=O) groups excluding carboxylic acids is 1. The number of benzene rings is 1. The van der Waals surface area contributed by atoms with E-state index in [-0.39, 0.29) is 24.1 Å². The summed E-state index contributed by atoms with van der Waals surface area (Å²) in [5, 5.41) is 3.35. The second-order valence-corrected chi connectivity index (χ2v) is 7.23. The highest BCUT2D eigenvalue weighted by Crippen LogP contribution is 2.30. The summed E-state index contributed by atoms with van der Waals surface area (Å²) < 4.78 is 13.1. The maximum absolute atomic E-state index is 13.1. The summed E-state index contributed by atoms with van der Waals surface area (Å²) >= 11 is 1.49. The number of thiophene rings is 1. The molecule has 0 spiro atoms. The number of nitrogens with zero attached hydrogens (tertiary/aromatic N) is 1. The summed E-state index contributed by atoms with van der Waals surface area (Å²) in [5.74, 6) is -0.117. The smallest absolute Gasteiger partial charge is 0.264 e. The van der Waals surface area contributed by atoms with Crippen molar-refractivity contribution >= 4 is 29.7 Å². The molecule has 1 amide bonds. The van der Waals surface area contributed by atoms with Crippen molar-refractivity contribution in [2.45, 2.75) is 32.2 Å². The SMILES string of the molecule is CCCN(C(=O)c1ccc(-c2ccc(F)cc2)s1)C1CCNCC1.Cl. The summed E-state index contributed by atoms with van der Waals surface area (Å²) in [5.41, 5.74) is 0.948. The standard InChI is InChI=1S/C19H23FN2OS.ClH/c1-2-13-22(16-9-11-21-12-10-16)19(23)18-8-7-17(24-18)14-3-5-15(20)6-4-14;/h3-8,16,21H,2,9-13H2,1H3;1H. The predicted molar refractivity (Wildman–Crippen MR) is 104 cm³/mol. The lowest BCUT2D eigenvalue weighted by Crippen LogP contribution is -2.46. The second kappa shape index (κ2) is 9.32. The number of amides is 1. The van der Waals surface area contributed by atoms with Gasteiger partial charge in [0.05, 0.1) is 4.88 Å². The van der Waals surface area contributed by atoms with Crippen molar-refractivity contribution in [2.75, 3.05) is 19.6 Å². The summed E-state index contributed by atoms with van der Waals surface area (Å²) in [6.07, 6.45) is 3.00. The first-order valence-electron chi connectivity index (χ1n) is 8.56. The van der Waals surface area contributed by atoms with Gasteiger partial charge in [-0.2, -0.15) is 0 Å². The van der Waals surface area contributed by atoms with Crippen LogP contribution in [0.3, 0.4) is 0 Å². The van der Waals surface area contributed by atoms with Crippen LogP contribution in [0.5, 0.6) is 0 Å². The zero-order valence-corrected chi connectivity index (χ0v) is 16.0. The fraction of sp³-hybridized carbons (Fsp3) is 0.421. The normalized spacial score (nSPS) is 14.8.